The molecule has 5 nitrogen and oxygen atoms in total. The second-order valence-electron chi connectivity index (χ2n) is 4.83. The summed E-state index contributed by atoms with van der Waals surface area (Å²) in [5, 5.41) is 8.85. The van der Waals surface area contributed by atoms with Crippen LogP contribution in [0.2, 0.25) is 0 Å². The summed E-state index contributed by atoms with van der Waals surface area (Å²) in [5.74, 6) is 0. The van der Waals surface area contributed by atoms with Crippen LogP contribution in [0.1, 0.15) is 12.5 Å². The van der Waals surface area contributed by atoms with Crippen molar-refractivity contribution in [2.45, 2.75) is 17.9 Å². The summed E-state index contributed by atoms with van der Waals surface area (Å²) in [6.45, 7) is 3.70. The Morgan fingerprint density at radius 2 is 2.11 bits per heavy atom. The molecule has 1 unspecified atom stereocenters. The van der Waals surface area contributed by atoms with Crippen LogP contribution in [0.3, 0.4) is 0 Å². The molecular weight excluding hydrogens is 262 g/mol. The van der Waals surface area contributed by atoms with Gasteiger partial charge in [0.05, 0.1) is 16.5 Å². The highest BCUT2D eigenvalue weighted by Gasteiger charge is 2.30. The van der Waals surface area contributed by atoms with E-state index in [1.165, 1.54) is 10.4 Å². The number of likely N-dealkylation sites (N-methyl/N-ethyl adjacent to an activating group) is 1. The van der Waals surface area contributed by atoms with Crippen LogP contribution >= 0.6 is 0 Å². The van der Waals surface area contributed by atoms with Crippen molar-refractivity contribution in [2.75, 3.05) is 26.7 Å². The van der Waals surface area contributed by atoms with Gasteiger partial charge in [0.25, 0.3) is 0 Å². The fraction of sp³-hybridized carbons (Fsp3) is 0.462. The Morgan fingerprint density at radius 3 is 2.74 bits per heavy atom. The van der Waals surface area contributed by atoms with Crippen molar-refractivity contribution < 1.29 is 8.42 Å². The maximum atomic E-state index is 12.5. The van der Waals surface area contributed by atoms with Crippen molar-refractivity contribution in [1.82, 2.24) is 9.21 Å². The molecule has 6 heteroatoms. The number of nitrogens with zero attached hydrogens (tertiary/aromatic N) is 3. The Labute approximate surface area is 114 Å². The monoisotopic (exact) mass is 279 g/mol. The van der Waals surface area contributed by atoms with Gasteiger partial charge in [0.2, 0.25) is 10.0 Å². The quantitative estimate of drug-likeness (QED) is 0.806. The SMILES string of the molecule is CC1CN(S(=O)(=O)c2cccc(C#N)c2)CCN1C. The van der Waals surface area contributed by atoms with E-state index in [1.54, 1.807) is 18.2 Å². The number of hydrogen-bond acceptors (Lipinski definition) is 4. The van der Waals surface area contributed by atoms with E-state index in [1.807, 2.05) is 20.0 Å². The third-order valence-electron chi connectivity index (χ3n) is 3.52. The molecule has 102 valence electrons. The fourth-order valence-electron chi connectivity index (χ4n) is 2.11. The lowest BCUT2D eigenvalue weighted by Crippen LogP contribution is -2.51. The summed E-state index contributed by atoms with van der Waals surface area (Å²) < 4.78 is 26.5. The molecule has 0 amide bonds. The van der Waals surface area contributed by atoms with Crippen molar-refractivity contribution in [1.29, 1.82) is 5.26 Å². The summed E-state index contributed by atoms with van der Waals surface area (Å²) in [6.07, 6.45) is 0. The summed E-state index contributed by atoms with van der Waals surface area (Å²) in [7, 11) is -1.50. The van der Waals surface area contributed by atoms with Gasteiger partial charge in [-0.25, -0.2) is 8.42 Å². The first kappa shape index (κ1) is 14.0. The average Bonchev–Trinajstić information content (AvgIpc) is 2.41. The lowest BCUT2D eigenvalue weighted by molar-refractivity contribution is 0.159. The molecule has 1 aliphatic rings. The van der Waals surface area contributed by atoms with Gasteiger partial charge in [-0.1, -0.05) is 6.07 Å². The summed E-state index contributed by atoms with van der Waals surface area (Å²) >= 11 is 0. The van der Waals surface area contributed by atoms with E-state index in [0.717, 1.165) is 6.54 Å². The molecule has 1 saturated heterocycles. The van der Waals surface area contributed by atoms with Crippen molar-refractivity contribution in [3.63, 3.8) is 0 Å². The van der Waals surface area contributed by atoms with Crippen LogP contribution in [0, 0.1) is 11.3 Å². The van der Waals surface area contributed by atoms with Gasteiger partial charge in [0, 0.05) is 25.7 Å². The van der Waals surface area contributed by atoms with E-state index < -0.39 is 10.0 Å². The second kappa shape index (κ2) is 5.29. The number of piperazine rings is 1. The molecule has 1 fully saturated rings. The highest BCUT2D eigenvalue weighted by atomic mass is 32.2. The van der Waals surface area contributed by atoms with Gasteiger partial charge in [-0.05, 0) is 32.2 Å². The predicted molar refractivity (Wildman–Crippen MR) is 72.0 cm³/mol. The number of nitriles is 1. The fourth-order valence-corrected chi connectivity index (χ4v) is 3.67. The average molecular weight is 279 g/mol. The molecule has 1 aromatic rings. The van der Waals surface area contributed by atoms with Gasteiger partial charge >= 0.3 is 0 Å². The zero-order chi connectivity index (χ0) is 14.0. The molecule has 1 aromatic carbocycles. The number of rotatable bonds is 2. The van der Waals surface area contributed by atoms with Crippen LogP contribution in [0.4, 0.5) is 0 Å². The largest absolute Gasteiger partial charge is 0.301 e. The first-order valence-electron chi connectivity index (χ1n) is 6.15. The van der Waals surface area contributed by atoms with Gasteiger partial charge < -0.3 is 4.90 Å². The van der Waals surface area contributed by atoms with Crippen LogP contribution in [-0.2, 0) is 10.0 Å². The van der Waals surface area contributed by atoms with E-state index in [2.05, 4.69) is 4.90 Å². The zero-order valence-electron chi connectivity index (χ0n) is 11.1. The lowest BCUT2D eigenvalue weighted by atomic mass is 10.2. The molecule has 0 aliphatic carbocycles. The summed E-state index contributed by atoms with van der Waals surface area (Å²) in [6, 6.07) is 8.34. The Kier molecular flexibility index (Phi) is 3.90. The lowest BCUT2D eigenvalue weighted by Gasteiger charge is -2.36. The molecule has 1 aliphatic heterocycles. The zero-order valence-corrected chi connectivity index (χ0v) is 11.9. The Hall–Kier alpha value is -1.42. The maximum absolute atomic E-state index is 12.5. The maximum Gasteiger partial charge on any atom is 0.243 e. The van der Waals surface area contributed by atoms with E-state index in [-0.39, 0.29) is 10.9 Å². The summed E-state index contributed by atoms with van der Waals surface area (Å²) in [5.41, 5.74) is 0.364. The van der Waals surface area contributed by atoms with E-state index in [4.69, 9.17) is 5.26 Å². The van der Waals surface area contributed by atoms with Gasteiger partial charge in [0.15, 0.2) is 0 Å². The van der Waals surface area contributed by atoms with Crippen LogP contribution in [0.5, 0.6) is 0 Å². The third-order valence-corrected chi connectivity index (χ3v) is 5.38. The number of sulfonamides is 1. The van der Waals surface area contributed by atoms with Gasteiger partial charge in [-0.2, -0.15) is 9.57 Å². The topological polar surface area (TPSA) is 64.4 Å². The minimum Gasteiger partial charge on any atom is -0.301 e. The molecule has 0 saturated carbocycles. The molecule has 19 heavy (non-hydrogen) atoms. The molecule has 0 radical (unpaired) electrons. The van der Waals surface area contributed by atoms with Gasteiger partial charge in [-0.15, -0.1) is 0 Å². The van der Waals surface area contributed by atoms with Crippen LogP contribution in [0.15, 0.2) is 29.2 Å². The molecule has 0 spiro atoms. The van der Waals surface area contributed by atoms with Crippen molar-refractivity contribution in [3.8, 4) is 6.07 Å². The van der Waals surface area contributed by atoms with Crippen LogP contribution in [0.25, 0.3) is 0 Å². The molecule has 1 heterocycles. The van der Waals surface area contributed by atoms with E-state index in [9.17, 15) is 8.42 Å². The highest BCUT2D eigenvalue weighted by molar-refractivity contribution is 7.89. The molecule has 1 atom stereocenters. The standard InChI is InChI=1S/C13H17N3O2S/c1-11-10-16(7-6-15(11)2)19(17,18)13-5-3-4-12(8-13)9-14/h3-5,8,11H,6-7,10H2,1-2H3. The van der Waals surface area contributed by atoms with Crippen molar-refractivity contribution in [3.05, 3.63) is 29.8 Å². The van der Waals surface area contributed by atoms with Crippen molar-refractivity contribution >= 4 is 10.0 Å². The molecule has 2 rings (SSSR count). The van der Waals surface area contributed by atoms with Gasteiger partial charge in [-0.3, -0.25) is 0 Å². The highest BCUT2D eigenvalue weighted by Crippen LogP contribution is 2.20. The number of benzene rings is 1. The van der Waals surface area contributed by atoms with E-state index >= 15 is 0 Å². The third kappa shape index (κ3) is 2.78. The Morgan fingerprint density at radius 1 is 1.37 bits per heavy atom. The molecule has 0 bridgehead atoms. The summed E-state index contributed by atoms with van der Waals surface area (Å²) in [4.78, 5) is 2.33. The first-order chi connectivity index (χ1) is 8.95. The van der Waals surface area contributed by atoms with Crippen LogP contribution < -0.4 is 0 Å². The first-order valence-corrected chi connectivity index (χ1v) is 7.59. The second-order valence-corrected chi connectivity index (χ2v) is 6.77. The Bertz CT molecular complexity index is 607. The van der Waals surface area contributed by atoms with E-state index in [0.29, 0.717) is 18.7 Å². The predicted octanol–water partition coefficient (Wildman–Crippen LogP) is 0.883. The number of hydrogen-bond donors (Lipinski definition) is 0. The molecule has 0 N–H and O–H groups in total. The minimum absolute atomic E-state index is 0.197. The van der Waals surface area contributed by atoms with Crippen LogP contribution in [-0.4, -0.2) is 50.3 Å². The molecular formula is C13H17N3O2S. The normalized spacial score (nSPS) is 22.1. The van der Waals surface area contributed by atoms with Gasteiger partial charge in [0.1, 0.15) is 0 Å². The molecule has 0 aromatic heterocycles. The van der Waals surface area contributed by atoms with Crippen molar-refractivity contribution in [2.24, 2.45) is 0 Å². The minimum atomic E-state index is -3.50. The Balaban J connectivity index is 2.30. The smallest absolute Gasteiger partial charge is 0.243 e.